The average Bonchev–Trinajstić information content (AvgIpc) is 2.88. The lowest BCUT2D eigenvalue weighted by Crippen LogP contribution is -2.22. The van der Waals surface area contributed by atoms with Crippen LogP contribution in [0.3, 0.4) is 0 Å². The van der Waals surface area contributed by atoms with Gasteiger partial charge in [-0.15, -0.1) is 0 Å². The van der Waals surface area contributed by atoms with E-state index in [1.807, 2.05) is 0 Å². The highest BCUT2D eigenvalue weighted by molar-refractivity contribution is 6.31. The smallest absolute Gasteiger partial charge is 0.382 e. The van der Waals surface area contributed by atoms with Gasteiger partial charge in [-0.25, -0.2) is 4.98 Å². The molecule has 0 aliphatic rings. The molecule has 2 aromatic rings. The van der Waals surface area contributed by atoms with Gasteiger partial charge in [0.15, 0.2) is 5.82 Å². The number of benzene rings is 1. The van der Waals surface area contributed by atoms with Crippen LogP contribution in [-0.4, -0.2) is 30.5 Å². The summed E-state index contributed by atoms with van der Waals surface area (Å²) in [7, 11) is 5.95. The van der Waals surface area contributed by atoms with E-state index in [1.165, 1.54) is 12.3 Å². The van der Waals surface area contributed by atoms with E-state index in [0.717, 1.165) is 18.6 Å². The van der Waals surface area contributed by atoms with Crippen molar-refractivity contribution in [2.45, 2.75) is 19.5 Å². The van der Waals surface area contributed by atoms with Crippen LogP contribution < -0.4 is 16.6 Å². The summed E-state index contributed by atoms with van der Waals surface area (Å²) in [6.07, 6.45) is -2.18. The van der Waals surface area contributed by atoms with Gasteiger partial charge in [0, 0.05) is 18.4 Å². The van der Waals surface area contributed by atoms with Crippen LogP contribution in [0.15, 0.2) is 31.0 Å². The Morgan fingerprint density at radius 3 is 2.71 bits per heavy atom. The fourth-order valence-electron chi connectivity index (χ4n) is 2.33. The zero-order chi connectivity index (χ0) is 17.9. The molecular formula is C16H18BF3N4. The van der Waals surface area contributed by atoms with Crippen molar-refractivity contribution in [2.24, 2.45) is 5.73 Å². The molecule has 0 spiro atoms. The van der Waals surface area contributed by atoms with Gasteiger partial charge in [0.2, 0.25) is 0 Å². The molecular weight excluding hydrogens is 316 g/mol. The summed E-state index contributed by atoms with van der Waals surface area (Å²) in [5.41, 5.74) is 6.54. The average molecular weight is 334 g/mol. The lowest BCUT2D eigenvalue weighted by Gasteiger charge is -2.17. The van der Waals surface area contributed by atoms with Gasteiger partial charge in [-0.1, -0.05) is 6.58 Å². The summed E-state index contributed by atoms with van der Waals surface area (Å²) in [5, 5.41) is 3.09. The molecule has 3 N–H and O–H groups in total. The predicted molar refractivity (Wildman–Crippen MR) is 89.4 cm³/mol. The molecule has 8 heteroatoms. The van der Waals surface area contributed by atoms with Crippen molar-refractivity contribution in [2.75, 3.05) is 13.1 Å². The predicted octanol–water partition coefficient (Wildman–Crippen LogP) is 1.90. The molecule has 0 amide bonds. The maximum absolute atomic E-state index is 12.8. The number of rotatable bonds is 6. The molecule has 0 unspecified atom stereocenters. The van der Waals surface area contributed by atoms with Crippen LogP contribution in [0.5, 0.6) is 0 Å². The van der Waals surface area contributed by atoms with E-state index < -0.39 is 11.7 Å². The third kappa shape index (κ3) is 3.81. The molecule has 1 heterocycles. The van der Waals surface area contributed by atoms with Crippen LogP contribution in [0, 0.1) is 6.92 Å². The van der Waals surface area contributed by atoms with Crippen LogP contribution in [0.2, 0.25) is 0 Å². The highest BCUT2D eigenvalue weighted by Crippen LogP contribution is 2.31. The second-order valence-corrected chi connectivity index (χ2v) is 5.39. The largest absolute Gasteiger partial charge is 0.416 e. The number of nitrogens with one attached hydrogen (secondary N) is 1. The fourth-order valence-corrected chi connectivity index (χ4v) is 2.33. The van der Waals surface area contributed by atoms with Crippen molar-refractivity contribution in [3.8, 4) is 5.69 Å². The highest BCUT2D eigenvalue weighted by Gasteiger charge is 2.30. The molecule has 2 rings (SSSR count). The van der Waals surface area contributed by atoms with Gasteiger partial charge >= 0.3 is 6.18 Å². The lowest BCUT2D eigenvalue weighted by atomic mass is 10.0. The lowest BCUT2D eigenvalue weighted by molar-refractivity contribution is -0.137. The Bertz CT molecular complexity index is 737. The minimum Gasteiger partial charge on any atom is -0.382 e. The number of nitrogens with two attached hydrogens (primary N) is 1. The van der Waals surface area contributed by atoms with Gasteiger partial charge < -0.3 is 15.6 Å². The Morgan fingerprint density at radius 2 is 2.12 bits per heavy atom. The Morgan fingerprint density at radius 1 is 1.42 bits per heavy atom. The minimum atomic E-state index is -4.39. The standard InChI is InChI=1S/C16H18BF3N4/c1-10-8-12(16(18,19)20)4-5-13(10)24-14(17)9-23-15(24)11(2)22-7-3-6-21/h4-5,8-9,22H,2-3,6-7,21H2,1H3. The Kier molecular flexibility index (Phi) is 5.38. The number of alkyl halides is 3. The maximum atomic E-state index is 12.8. The van der Waals surface area contributed by atoms with Crippen molar-refractivity contribution in [3.63, 3.8) is 0 Å². The van der Waals surface area contributed by atoms with Crippen LogP contribution in [0.1, 0.15) is 23.4 Å². The van der Waals surface area contributed by atoms with E-state index in [9.17, 15) is 13.2 Å². The molecule has 0 aliphatic carbocycles. The summed E-state index contributed by atoms with van der Waals surface area (Å²) in [6.45, 7) is 6.66. The van der Waals surface area contributed by atoms with E-state index in [-0.39, 0.29) is 0 Å². The molecule has 126 valence electrons. The van der Waals surface area contributed by atoms with E-state index in [1.54, 1.807) is 11.5 Å². The highest BCUT2D eigenvalue weighted by atomic mass is 19.4. The summed E-state index contributed by atoms with van der Waals surface area (Å²) in [5.74, 6) is 0.451. The van der Waals surface area contributed by atoms with Crippen LogP contribution in [0.4, 0.5) is 13.2 Å². The fraction of sp³-hybridized carbons (Fsp3) is 0.312. The van der Waals surface area contributed by atoms with Gasteiger partial charge in [-0.05, 0) is 49.2 Å². The monoisotopic (exact) mass is 334 g/mol. The molecule has 1 aromatic heterocycles. The first-order valence-corrected chi connectivity index (χ1v) is 7.40. The van der Waals surface area contributed by atoms with Crippen molar-refractivity contribution in [3.05, 3.63) is 47.9 Å². The van der Waals surface area contributed by atoms with Gasteiger partial charge in [-0.3, -0.25) is 0 Å². The van der Waals surface area contributed by atoms with E-state index >= 15 is 0 Å². The number of aromatic nitrogens is 2. The Balaban J connectivity index is 2.39. The first kappa shape index (κ1) is 18.1. The molecule has 4 nitrogen and oxygen atoms in total. The first-order valence-electron chi connectivity index (χ1n) is 7.40. The Hall–Kier alpha value is -2.22. The molecule has 24 heavy (non-hydrogen) atoms. The maximum Gasteiger partial charge on any atom is 0.416 e. The molecule has 1 aromatic carbocycles. The second-order valence-electron chi connectivity index (χ2n) is 5.39. The number of nitrogens with zero attached hydrogens (tertiary/aromatic N) is 2. The molecule has 0 bridgehead atoms. The number of hydrogen-bond acceptors (Lipinski definition) is 3. The van der Waals surface area contributed by atoms with Gasteiger partial charge in [0.05, 0.1) is 11.3 Å². The third-order valence-electron chi connectivity index (χ3n) is 3.54. The SMILES string of the molecule is [B]c1cnc(C(=C)NCCCN)n1-c1ccc(C(F)(F)F)cc1C. The molecule has 0 saturated heterocycles. The third-order valence-corrected chi connectivity index (χ3v) is 3.54. The molecule has 0 fully saturated rings. The quantitative estimate of drug-likeness (QED) is 0.627. The molecule has 2 radical (unpaired) electrons. The number of imidazole rings is 1. The summed E-state index contributed by atoms with van der Waals surface area (Å²) in [4.78, 5) is 4.21. The van der Waals surface area contributed by atoms with Crippen molar-refractivity contribution in [1.82, 2.24) is 14.9 Å². The zero-order valence-corrected chi connectivity index (χ0v) is 13.3. The van der Waals surface area contributed by atoms with Crippen LogP contribution in [-0.2, 0) is 6.18 Å². The minimum absolute atomic E-state index is 0.314. The van der Waals surface area contributed by atoms with Crippen molar-refractivity contribution < 1.29 is 13.2 Å². The second kappa shape index (κ2) is 7.13. The number of aryl methyl sites for hydroxylation is 1. The molecule has 0 aliphatic heterocycles. The number of halogens is 3. The van der Waals surface area contributed by atoms with Gasteiger partial charge in [0.1, 0.15) is 7.85 Å². The van der Waals surface area contributed by atoms with Crippen molar-refractivity contribution in [1.29, 1.82) is 0 Å². The van der Waals surface area contributed by atoms with Gasteiger partial charge in [-0.2, -0.15) is 13.2 Å². The van der Waals surface area contributed by atoms with E-state index in [4.69, 9.17) is 13.6 Å². The van der Waals surface area contributed by atoms with Crippen molar-refractivity contribution >= 4 is 19.1 Å². The van der Waals surface area contributed by atoms with Crippen LogP contribution in [0.25, 0.3) is 11.4 Å². The summed E-state index contributed by atoms with van der Waals surface area (Å²) < 4.78 is 40.0. The van der Waals surface area contributed by atoms with E-state index in [0.29, 0.717) is 41.5 Å². The molecule has 0 atom stereocenters. The summed E-state index contributed by atoms with van der Waals surface area (Å²) in [6, 6.07) is 3.49. The zero-order valence-electron chi connectivity index (χ0n) is 13.3. The topological polar surface area (TPSA) is 55.9 Å². The molecule has 0 saturated carbocycles. The van der Waals surface area contributed by atoms with Crippen LogP contribution >= 0.6 is 0 Å². The van der Waals surface area contributed by atoms with Gasteiger partial charge in [0.25, 0.3) is 0 Å². The summed E-state index contributed by atoms with van der Waals surface area (Å²) >= 11 is 0. The first-order chi connectivity index (χ1) is 11.3. The van der Waals surface area contributed by atoms with E-state index in [2.05, 4.69) is 16.9 Å². The number of hydrogen-bond donors (Lipinski definition) is 2. The Labute approximate surface area is 140 Å². The normalized spacial score (nSPS) is 11.5.